The fraction of sp³-hybridized carbons (Fsp3) is 0.235. The first-order chi connectivity index (χ1) is 10.9. The molecule has 0 N–H and O–H groups in total. The Balaban J connectivity index is 2.00. The molecule has 0 radical (unpaired) electrons. The Hall–Kier alpha value is -2.40. The van der Waals surface area contributed by atoms with Crippen LogP contribution in [0.1, 0.15) is 23.4 Å². The van der Waals surface area contributed by atoms with Gasteiger partial charge < -0.3 is 0 Å². The zero-order valence-electron chi connectivity index (χ0n) is 13.1. The predicted molar refractivity (Wildman–Crippen MR) is 89.2 cm³/mol. The van der Waals surface area contributed by atoms with Crippen LogP contribution in [-0.2, 0) is 16.6 Å². The summed E-state index contributed by atoms with van der Waals surface area (Å²) in [5, 5.41) is 4.82. The first-order valence-electron chi connectivity index (χ1n) is 7.22. The zero-order chi connectivity index (χ0) is 16.7. The maximum Gasteiger partial charge on any atom is 0.261 e. The van der Waals surface area contributed by atoms with Crippen LogP contribution in [0.2, 0.25) is 5.02 Å². The zero-order valence-corrected chi connectivity index (χ0v) is 13.9. The summed E-state index contributed by atoms with van der Waals surface area (Å²) >= 11 is 5.95. The minimum absolute atomic E-state index is 0.0825. The third-order valence-electron chi connectivity index (χ3n) is 4.02. The monoisotopic (exact) mass is 329 g/mol. The maximum absolute atomic E-state index is 12.6. The van der Waals surface area contributed by atoms with Gasteiger partial charge in [-0.1, -0.05) is 17.7 Å². The Kier molecular flexibility index (Phi) is 3.82. The van der Waals surface area contributed by atoms with E-state index < -0.39 is 0 Å². The van der Waals surface area contributed by atoms with Crippen molar-refractivity contribution in [2.45, 2.75) is 20.3 Å². The Bertz CT molecular complexity index is 852. The maximum atomic E-state index is 12.6. The van der Waals surface area contributed by atoms with Crippen LogP contribution < -0.4 is 4.90 Å². The number of aryl methyl sites for hydroxylation is 2. The van der Waals surface area contributed by atoms with E-state index in [4.69, 9.17) is 11.6 Å². The van der Waals surface area contributed by atoms with Crippen molar-refractivity contribution in [3.8, 4) is 0 Å². The number of hydrogen-bond donors (Lipinski definition) is 0. The predicted octanol–water partition coefficient (Wildman–Crippen LogP) is 3.04. The van der Waals surface area contributed by atoms with E-state index in [1.807, 2.05) is 20.9 Å². The molecule has 0 atom stereocenters. The minimum atomic E-state index is -0.306. The summed E-state index contributed by atoms with van der Waals surface area (Å²) < 4.78 is 1.76. The van der Waals surface area contributed by atoms with Crippen LogP contribution in [0.3, 0.4) is 0 Å². The first kappa shape index (κ1) is 15.5. The number of nitrogens with zero attached hydrogens (tertiary/aromatic N) is 3. The second-order valence-electron chi connectivity index (χ2n) is 5.57. The van der Waals surface area contributed by atoms with Crippen LogP contribution >= 0.6 is 11.6 Å². The van der Waals surface area contributed by atoms with Gasteiger partial charge in [0.25, 0.3) is 5.91 Å². The van der Waals surface area contributed by atoms with E-state index in [-0.39, 0.29) is 18.2 Å². The van der Waals surface area contributed by atoms with Crippen LogP contribution in [0.15, 0.2) is 29.8 Å². The minimum Gasteiger partial charge on any atom is -0.274 e. The number of anilines is 1. The fourth-order valence-corrected chi connectivity index (χ4v) is 2.92. The van der Waals surface area contributed by atoms with Crippen molar-refractivity contribution in [1.82, 2.24) is 9.78 Å². The molecule has 0 saturated carbocycles. The second-order valence-corrected chi connectivity index (χ2v) is 6.01. The molecule has 1 aliphatic heterocycles. The van der Waals surface area contributed by atoms with Crippen LogP contribution in [0.5, 0.6) is 0 Å². The van der Waals surface area contributed by atoms with E-state index >= 15 is 0 Å². The van der Waals surface area contributed by atoms with Gasteiger partial charge in [-0.2, -0.15) is 5.10 Å². The van der Waals surface area contributed by atoms with Crippen molar-refractivity contribution in [1.29, 1.82) is 0 Å². The number of benzene rings is 1. The van der Waals surface area contributed by atoms with Crippen molar-refractivity contribution in [2.75, 3.05) is 4.90 Å². The van der Waals surface area contributed by atoms with Crippen LogP contribution in [0.25, 0.3) is 6.08 Å². The molecule has 0 aliphatic carbocycles. The molecule has 1 aromatic carbocycles. The van der Waals surface area contributed by atoms with Gasteiger partial charge >= 0.3 is 0 Å². The molecule has 1 aromatic heterocycles. The van der Waals surface area contributed by atoms with Gasteiger partial charge in [0.15, 0.2) is 0 Å². The van der Waals surface area contributed by atoms with Gasteiger partial charge in [0.1, 0.15) is 0 Å². The van der Waals surface area contributed by atoms with E-state index in [1.165, 1.54) is 4.90 Å². The molecule has 3 rings (SSSR count). The lowest BCUT2D eigenvalue weighted by atomic mass is 10.1. The van der Waals surface area contributed by atoms with Crippen LogP contribution in [-0.4, -0.2) is 21.6 Å². The smallest absolute Gasteiger partial charge is 0.261 e. The molecule has 0 unspecified atom stereocenters. The molecule has 2 amide bonds. The average molecular weight is 330 g/mol. The number of imide groups is 1. The number of halogens is 1. The van der Waals surface area contributed by atoms with Crippen molar-refractivity contribution < 1.29 is 9.59 Å². The van der Waals surface area contributed by atoms with E-state index in [9.17, 15) is 9.59 Å². The molecule has 0 spiro atoms. The molecule has 5 nitrogen and oxygen atoms in total. The van der Waals surface area contributed by atoms with Crippen LogP contribution in [0.4, 0.5) is 5.69 Å². The van der Waals surface area contributed by atoms with E-state index in [2.05, 4.69) is 5.10 Å². The first-order valence-corrected chi connectivity index (χ1v) is 7.60. The molecule has 6 heteroatoms. The summed E-state index contributed by atoms with van der Waals surface area (Å²) in [6.07, 6.45) is 1.85. The highest BCUT2D eigenvalue weighted by Crippen LogP contribution is 2.29. The van der Waals surface area contributed by atoms with Crippen LogP contribution in [0, 0.1) is 13.8 Å². The Morgan fingerprint density at radius 2 is 2.00 bits per heavy atom. The number of rotatable bonds is 2. The molecule has 118 valence electrons. The third-order valence-corrected chi connectivity index (χ3v) is 4.25. The third kappa shape index (κ3) is 2.68. The summed E-state index contributed by atoms with van der Waals surface area (Å²) in [7, 11) is 1.85. The summed E-state index contributed by atoms with van der Waals surface area (Å²) in [6.45, 7) is 3.82. The van der Waals surface area contributed by atoms with Gasteiger partial charge in [0, 0.05) is 28.9 Å². The van der Waals surface area contributed by atoms with Crippen molar-refractivity contribution in [2.24, 2.45) is 7.05 Å². The van der Waals surface area contributed by atoms with Gasteiger partial charge in [-0.25, -0.2) is 4.90 Å². The average Bonchev–Trinajstić information content (AvgIpc) is 2.90. The second kappa shape index (κ2) is 5.66. The van der Waals surface area contributed by atoms with Gasteiger partial charge in [-0.3, -0.25) is 14.3 Å². The molecule has 0 bridgehead atoms. The largest absolute Gasteiger partial charge is 0.274 e. The van der Waals surface area contributed by atoms with Crippen molar-refractivity contribution in [3.05, 3.63) is 51.8 Å². The highest BCUT2D eigenvalue weighted by molar-refractivity contribution is 6.32. The summed E-state index contributed by atoms with van der Waals surface area (Å²) in [5.74, 6) is -0.553. The number of amides is 2. The highest BCUT2D eigenvalue weighted by Gasteiger charge is 2.35. The standard InChI is InChI=1S/C17H16ClN3O2/c1-10-15(11(2)20(3)19-10)7-12-8-16(22)21(17(12)23)14-6-4-5-13(18)9-14/h4-7,9H,8H2,1-3H3. The lowest BCUT2D eigenvalue weighted by Crippen LogP contribution is -2.28. The molecular weight excluding hydrogens is 314 g/mol. The van der Waals surface area contributed by atoms with Crippen molar-refractivity contribution in [3.63, 3.8) is 0 Å². The molecule has 1 saturated heterocycles. The SMILES string of the molecule is Cc1nn(C)c(C)c1C=C1CC(=O)N(c2cccc(Cl)c2)C1=O. The normalized spacial score (nSPS) is 16.7. The number of aromatic nitrogens is 2. The van der Waals surface area contributed by atoms with Gasteiger partial charge in [0.2, 0.25) is 5.91 Å². The molecule has 2 aromatic rings. The highest BCUT2D eigenvalue weighted by atomic mass is 35.5. The molecular formula is C17H16ClN3O2. The quantitative estimate of drug-likeness (QED) is 0.628. The fourth-order valence-electron chi connectivity index (χ4n) is 2.74. The summed E-state index contributed by atoms with van der Waals surface area (Å²) in [6, 6.07) is 6.73. The topological polar surface area (TPSA) is 55.2 Å². The van der Waals surface area contributed by atoms with E-state index in [0.717, 1.165) is 17.0 Å². The lowest BCUT2D eigenvalue weighted by Gasteiger charge is -2.13. The summed E-state index contributed by atoms with van der Waals surface area (Å²) in [4.78, 5) is 26.1. The van der Waals surface area contributed by atoms with Gasteiger partial charge in [-0.05, 0) is 38.1 Å². The molecule has 1 aliphatic rings. The van der Waals surface area contributed by atoms with E-state index in [0.29, 0.717) is 16.3 Å². The van der Waals surface area contributed by atoms with Gasteiger partial charge in [-0.15, -0.1) is 0 Å². The molecule has 1 fully saturated rings. The lowest BCUT2D eigenvalue weighted by molar-refractivity contribution is -0.120. The van der Waals surface area contributed by atoms with Crippen molar-refractivity contribution >= 4 is 35.2 Å². The molecule has 23 heavy (non-hydrogen) atoms. The number of hydrogen-bond acceptors (Lipinski definition) is 3. The Morgan fingerprint density at radius 3 is 2.61 bits per heavy atom. The Morgan fingerprint density at radius 1 is 1.26 bits per heavy atom. The van der Waals surface area contributed by atoms with Gasteiger partial charge in [0.05, 0.1) is 17.8 Å². The molecule has 2 heterocycles. The Labute approximate surface area is 139 Å². The van der Waals surface area contributed by atoms with E-state index in [1.54, 1.807) is 35.0 Å². The number of carbonyl (C=O) groups excluding carboxylic acids is 2. The summed E-state index contributed by atoms with van der Waals surface area (Å²) in [5.41, 5.74) is 3.64. The number of carbonyl (C=O) groups is 2.